The van der Waals surface area contributed by atoms with Gasteiger partial charge in [-0.1, -0.05) is 24.3 Å². The van der Waals surface area contributed by atoms with Crippen LogP contribution in [-0.4, -0.2) is 79.2 Å². The maximum atomic E-state index is 12.6. The lowest BCUT2D eigenvalue weighted by Crippen LogP contribution is -2.48. The molecule has 10 heteroatoms. The van der Waals surface area contributed by atoms with Gasteiger partial charge in [-0.25, -0.2) is 4.79 Å². The molecule has 0 spiro atoms. The van der Waals surface area contributed by atoms with E-state index in [0.29, 0.717) is 31.2 Å². The summed E-state index contributed by atoms with van der Waals surface area (Å²) in [6.07, 6.45) is -0.693. The van der Waals surface area contributed by atoms with E-state index in [0.717, 1.165) is 35.7 Å². The number of benzene rings is 2. The van der Waals surface area contributed by atoms with E-state index in [1.165, 1.54) is 0 Å². The molecule has 0 bridgehead atoms. The first-order valence-corrected chi connectivity index (χ1v) is 12.0. The lowest BCUT2D eigenvalue weighted by molar-refractivity contribution is -0.171. The number of hydrogen-bond donors (Lipinski definition) is 1. The van der Waals surface area contributed by atoms with Gasteiger partial charge < -0.3 is 19.6 Å². The van der Waals surface area contributed by atoms with Crippen molar-refractivity contribution in [1.82, 2.24) is 20.2 Å². The number of carbonyl (C=O) groups excluding carboxylic acids is 3. The average molecular weight is 497 g/mol. The first-order chi connectivity index (χ1) is 17.4. The van der Waals surface area contributed by atoms with E-state index in [9.17, 15) is 14.4 Å². The molecule has 0 atom stereocenters. The molecule has 2 aliphatic rings. The molecule has 2 heterocycles. The molecule has 2 aromatic rings. The molecular formula is C26H32N4O6. The molecule has 0 unspecified atom stereocenters. The summed E-state index contributed by atoms with van der Waals surface area (Å²) in [5, 5.41) is 3.43. The minimum absolute atomic E-state index is 0.0564. The van der Waals surface area contributed by atoms with E-state index >= 15 is 0 Å². The predicted octanol–water partition coefficient (Wildman–Crippen LogP) is 2.18. The number of nitrogens with zero attached hydrogens (tertiary/aromatic N) is 3. The molecular weight excluding hydrogens is 464 g/mol. The highest BCUT2D eigenvalue weighted by molar-refractivity contribution is 6.01. The number of carbonyl (C=O) groups is 3. The second kappa shape index (κ2) is 11.9. The van der Waals surface area contributed by atoms with Gasteiger partial charge in [-0.3, -0.25) is 19.4 Å². The lowest BCUT2D eigenvalue weighted by atomic mass is 10.2. The summed E-state index contributed by atoms with van der Waals surface area (Å²) in [6.45, 7) is 4.19. The number of hydroxylamine groups is 2. The fourth-order valence-electron chi connectivity index (χ4n) is 4.44. The maximum Gasteiger partial charge on any atom is 0.432 e. The van der Waals surface area contributed by atoms with Gasteiger partial charge in [0.1, 0.15) is 11.5 Å². The van der Waals surface area contributed by atoms with Crippen molar-refractivity contribution in [2.75, 3.05) is 40.4 Å². The van der Waals surface area contributed by atoms with Crippen LogP contribution in [0.4, 0.5) is 4.79 Å². The summed E-state index contributed by atoms with van der Waals surface area (Å²) in [5.41, 5.74) is 2.27. The van der Waals surface area contributed by atoms with E-state index in [2.05, 4.69) is 15.1 Å². The van der Waals surface area contributed by atoms with E-state index in [-0.39, 0.29) is 18.9 Å². The van der Waals surface area contributed by atoms with Crippen molar-refractivity contribution in [1.29, 1.82) is 0 Å². The van der Waals surface area contributed by atoms with E-state index in [1.807, 2.05) is 48.5 Å². The van der Waals surface area contributed by atoms with Crippen LogP contribution in [0.5, 0.6) is 11.5 Å². The SMILES string of the molecule is COc1ccc(CN2CCN(Cc3ccc(OC)cc3)CC(NC(=O)ON3C(=O)CCC3=O)C2)cc1. The normalized spacial score (nSPS) is 17.7. The van der Waals surface area contributed by atoms with Crippen molar-refractivity contribution in [2.45, 2.75) is 32.0 Å². The third kappa shape index (κ3) is 6.73. The Morgan fingerprint density at radius 3 is 1.67 bits per heavy atom. The van der Waals surface area contributed by atoms with Gasteiger partial charge >= 0.3 is 6.09 Å². The molecule has 0 aliphatic carbocycles. The van der Waals surface area contributed by atoms with Gasteiger partial charge in [0.25, 0.3) is 11.8 Å². The van der Waals surface area contributed by atoms with E-state index < -0.39 is 17.9 Å². The molecule has 3 amide bonds. The van der Waals surface area contributed by atoms with Crippen molar-refractivity contribution in [2.24, 2.45) is 0 Å². The minimum atomic E-state index is -0.806. The smallest absolute Gasteiger partial charge is 0.432 e. The summed E-state index contributed by atoms with van der Waals surface area (Å²) in [6, 6.07) is 15.6. The second-order valence-electron chi connectivity index (χ2n) is 8.97. The van der Waals surface area contributed by atoms with Crippen molar-refractivity contribution in [3.8, 4) is 11.5 Å². The molecule has 1 N–H and O–H groups in total. The number of ether oxygens (including phenoxy) is 2. The largest absolute Gasteiger partial charge is 0.497 e. The zero-order chi connectivity index (χ0) is 25.5. The first-order valence-electron chi connectivity index (χ1n) is 12.0. The highest BCUT2D eigenvalue weighted by Gasteiger charge is 2.34. The van der Waals surface area contributed by atoms with Gasteiger partial charge in [0, 0.05) is 52.1 Å². The maximum absolute atomic E-state index is 12.6. The average Bonchev–Trinajstić information content (AvgIpc) is 3.07. The molecule has 0 radical (unpaired) electrons. The van der Waals surface area contributed by atoms with Crippen LogP contribution in [0.2, 0.25) is 0 Å². The summed E-state index contributed by atoms with van der Waals surface area (Å²) >= 11 is 0. The van der Waals surface area contributed by atoms with Crippen molar-refractivity contribution < 1.29 is 28.7 Å². The highest BCUT2D eigenvalue weighted by atomic mass is 16.7. The number of rotatable bonds is 8. The Labute approximate surface area is 210 Å². The van der Waals surface area contributed by atoms with Crippen LogP contribution in [0.3, 0.4) is 0 Å². The van der Waals surface area contributed by atoms with E-state index in [1.54, 1.807) is 14.2 Å². The van der Waals surface area contributed by atoms with Crippen LogP contribution >= 0.6 is 0 Å². The van der Waals surface area contributed by atoms with Crippen LogP contribution in [0.1, 0.15) is 24.0 Å². The fourth-order valence-corrected chi connectivity index (χ4v) is 4.44. The Morgan fingerprint density at radius 2 is 1.25 bits per heavy atom. The Balaban J connectivity index is 1.43. The number of hydrogen-bond acceptors (Lipinski definition) is 8. The minimum Gasteiger partial charge on any atom is -0.497 e. The molecule has 10 nitrogen and oxygen atoms in total. The standard InChI is InChI=1S/C26H32N4O6/c1-34-22-7-3-19(4-8-22)15-28-13-14-29(16-20-5-9-23(35-2)10-6-20)18-21(17-28)27-26(33)36-30-24(31)11-12-25(30)32/h3-10,21H,11-18H2,1-2H3,(H,27,33). The topological polar surface area (TPSA) is 101 Å². The third-order valence-corrected chi connectivity index (χ3v) is 6.32. The summed E-state index contributed by atoms with van der Waals surface area (Å²) in [4.78, 5) is 45.9. The molecule has 2 aliphatic heterocycles. The molecule has 192 valence electrons. The Morgan fingerprint density at radius 1 is 0.806 bits per heavy atom. The zero-order valence-corrected chi connectivity index (χ0v) is 20.6. The number of amides is 3. The summed E-state index contributed by atoms with van der Waals surface area (Å²) in [5.74, 6) is 0.596. The zero-order valence-electron chi connectivity index (χ0n) is 20.6. The third-order valence-electron chi connectivity index (χ3n) is 6.32. The Hall–Kier alpha value is -3.63. The van der Waals surface area contributed by atoms with Crippen LogP contribution in [0.25, 0.3) is 0 Å². The molecule has 2 saturated heterocycles. The summed E-state index contributed by atoms with van der Waals surface area (Å²) < 4.78 is 10.5. The van der Waals surface area contributed by atoms with Gasteiger partial charge in [-0.05, 0) is 35.4 Å². The van der Waals surface area contributed by atoms with Crippen molar-refractivity contribution in [3.05, 3.63) is 59.7 Å². The Kier molecular flexibility index (Phi) is 8.40. The number of nitrogens with one attached hydrogen (secondary N) is 1. The van der Waals surface area contributed by atoms with Crippen LogP contribution in [0, 0.1) is 0 Å². The van der Waals surface area contributed by atoms with Gasteiger partial charge in [0.15, 0.2) is 0 Å². The first kappa shape index (κ1) is 25.5. The van der Waals surface area contributed by atoms with Crippen molar-refractivity contribution in [3.63, 3.8) is 0 Å². The van der Waals surface area contributed by atoms with Crippen LogP contribution in [-0.2, 0) is 27.5 Å². The lowest BCUT2D eigenvalue weighted by Gasteiger charge is -2.26. The van der Waals surface area contributed by atoms with Crippen LogP contribution in [0.15, 0.2) is 48.5 Å². The molecule has 2 aromatic carbocycles. The van der Waals surface area contributed by atoms with Crippen LogP contribution < -0.4 is 14.8 Å². The van der Waals surface area contributed by atoms with Gasteiger partial charge in [0.2, 0.25) is 0 Å². The molecule has 0 saturated carbocycles. The van der Waals surface area contributed by atoms with Gasteiger partial charge in [-0.2, -0.15) is 0 Å². The highest BCUT2D eigenvalue weighted by Crippen LogP contribution is 2.18. The van der Waals surface area contributed by atoms with Gasteiger partial charge in [-0.15, -0.1) is 5.06 Å². The number of imide groups is 1. The van der Waals surface area contributed by atoms with E-state index in [4.69, 9.17) is 14.3 Å². The molecule has 4 rings (SSSR count). The fraction of sp³-hybridized carbons (Fsp3) is 0.423. The second-order valence-corrected chi connectivity index (χ2v) is 8.97. The summed E-state index contributed by atoms with van der Waals surface area (Å²) in [7, 11) is 3.28. The monoisotopic (exact) mass is 496 g/mol. The quantitative estimate of drug-likeness (QED) is 0.555. The van der Waals surface area contributed by atoms with Gasteiger partial charge in [0.05, 0.1) is 20.3 Å². The number of methoxy groups -OCH3 is 2. The van der Waals surface area contributed by atoms with Crippen molar-refractivity contribution >= 4 is 17.9 Å². The Bertz CT molecular complexity index is 984. The molecule has 0 aromatic heterocycles. The molecule has 2 fully saturated rings. The molecule has 36 heavy (non-hydrogen) atoms. The predicted molar refractivity (Wildman–Crippen MR) is 131 cm³/mol.